The van der Waals surface area contributed by atoms with Gasteiger partial charge in [0, 0.05) is 51.4 Å². The highest BCUT2D eigenvalue weighted by atomic mass is 16.5. The van der Waals surface area contributed by atoms with Gasteiger partial charge < -0.3 is 10.5 Å². The van der Waals surface area contributed by atoms with E-state index in [1.54, 1.807) is 0 Å². The van der Waals surface area contributed by atoms with Gasteiger partial charge in [-0.2, -0.15) is 0 Å². The minimum Gasteiger partial charge on any atom is -0.381 e. The van der Waals surface area contributed by atoms with Crippen molar-refractivity contribution in [1.82, 2.24) is 9.80 Å². The van der Waals surface area contributed by atoms with Crippen molar-refractivity contribution in [2.45, 2.75) is 56.2 Å². The highest BCUT2D eigenvalue weighted by Gasteiger charge is 2.48. The average molecular weight is 267 g/mol. The van der Waals surface area contributed by atoms with Crippen molar-refractivity contribution in [3.05, 3.63) is 0 Å². The number of hydrogen-bond acceptors (Lipinski definition) is 4. The Balaban J connectivity index is 1.52. The summed E-state index contributed by atoms with van der Waals surface area (Å²) in [5.74, 6) is 0. The molecule has 0 spiro atoms. The quantitative estimate of drug-likeness (QED) is 0.827. The Hall–Kier alpha value is -0.160. The number of hydrogen-bond donors (Lipinski definition) is 1. The Morgan fingerprint density at radius 2 is 1.74 bits per heavy atom. The van der Waals surface area contributed by atoms with Crippen LogP contribution in [0.3, 0.4) is 0 Å². The van der Waals surface area contributed by atoms with Crippen molar-refractivity contribution in [1.29, 1.82) is 0 Å². The summed E-state index contributed by atoms with van der Waals surface area (Å²) in [6.45, 7) is 5.67. The molecule has 4 heteroatoms. The van der Waals surface area contributed by atoms with E-state index >= 15 is 0 Å². The molecule has 3 aliphatic rings. The third kappa shape index (κ3) is 2.56. The average Bonchev–Trinajstić information content (AvgIpc) is 2.93. The van der Waals surface area contributed by atoms with E-state index in [0.29, 0.717) is 6.10 Å². The van der Waals surface area contributed by atoms with Crippen LogP contribution < -0.4 is 5.73 Å². The summed E-state index contributed by atoms with van der Waals surface area (Å²) >= 11 is 0. The lowest BCUT2D eigenvalue weighted by Gasteiger charge is -2.55. The Morgan fingerprint density at radius 3 is 2.26 bits per heavy atom. The van der Waals surface area contributed by atoms with E-state index in [-0.39, 0.29) is 5.54 Å². The molecule has 0 atom stereocenters. The lowest BCUT2D eigenvalue weighted by Crippen LogP contribution is -2.67. The van der Waals surface area contributed by atoms with Gasteiger partial charge in [0.15, 0.2) is 0 Å². The molecule has 3 rings (SSSR count). The molecule has 1 heterocycles. The topological polar surface area (TPSA) is 41.7 Å². The van der Waals surface area contributed by atoms with Gasteiger partial charge in [0.05, 0.1) is 6.10 Å². The number of piperazine rings is 1. The highest BCUT2D eigenvalue weighted by Crippen LogP contribution is 2.39. The van der Waals surface area contributed by atoms with Crippen molar-refractivity contribution in [2.24, 2.45) is 5.73 Å². The first-order valence-corrected chi connectivity index (χ1v) is 7.99. The second kappa shape index (κ2) is 5.68. The van der Waals surface area contributed by atoms with Crippen LogP contribution >= 0.6 is 0 Å². The van der Waals surface area contributed by atoms with Gasteiger partial charge in [0.2, 0.25) is 0 Å². The van der Waals surface area contributed by atoms with Crippen LogP contribution in [0.15, 0.2) is 0 Å². The van der Waals surface area contributed by atoms with Crippen LogP contribution in [0.25, 0.3) is 0 Å². The fourth-order valence-corrected chi connectivity index (χ4v) is 4.34. The van der Waals surface area contributed by atoms with Gasteiger partial charge in [-0.15, -0.1) is 0 Å². The summed E-state index contributed by atoms with van der Waals surface area (Å²) in [4.78, 5) is 5.37. The molecular formula is C15H29N3O. The molecule has 0 radical (unpaired) electrons. The van der Waals surface area contributed by atoms with Gasteiger partial charge in [-0.25, -0.2) is 0 Å². The standard InChI is InChI=1S/C15H29N3O/c1-19-14-10-15(11-14,12-16)18-8-6-17(7-9-18)13-4-2-3-5-13/h13-14H,2-12,16H2,1H3. The zero-order valence-electron chi connectivity index (χ0n) is 12.3. The first kappa shape index (κ1) is 13.8. The Labute approximate surface area is 117 Å². The summed E-state index contributed by atoms with van der Waals surface area (Å²) in [5.41, 5.74) is 6.31. The number of nitrogens with two attached hydrogens (primary N) is 1. The second-order valence-corrected chi connectivity index (χ2v) is 6.66. The van der Waals surface area contributed by atoms with Crippen molar-refractivity contribution in [3.63, 3.8) is 0 Å². The van der Waals surface area contributed by atoms with Crippen LogP contribution in [0.4, 0.5) is 0 Å². The molecular weight excluding hydrogens is 238 g/mol. The maximum absolute atomic E-state index is 6.06. The molecule has 0 unspecified atom stereocenters. The van der Waals surface area contributed by atoms with E-state index in [1.165, 1.54) is 51.9 Å². The van der Waals surface area contributed by atoms with E-state index in [4.69, 9.17) is 10.5 Å². The zero-order valence-corrected chi connectivity index (χ0v) is 12.3. The molecule has 0 aromatic heterocycles. The van der Waals surface area contributed by atoms with Crippen molar-refractivity contribution < 1.29 is 4.74 Å². The highest BCUT2D eigenvalue weighted by molar-refractivity contribution is 5.05. The lowest BCUT2D eigenvalue weighted by atomic mass is 9.72. The maximum atomic E-state index is 6.06. The maximum Gasteiger partial charge on any atom is 0.0607 e. The number of methoxy groups -OCH3 is 1. The Morgan fingerprint density at radius 1 is 1.11 bits per heavy atom. The molecule has 110 valence electrons. The van der Waals surface area contributed by atoms with Crippen LogP contribution in [0.2, 0.25) is 0 Å². The molecule has 2 saturated carbocycles. The number of rotatable bonds is 4. The fourth-order valence-electron chi connectivity index (χ4n) is 4.34. The number of nitrogens with zero attached hydrogens (tertiary/aromatic N) is 2. The van der Waals surface area contributed by atoms with Gasteiger partial charge in [-0.1, -0.05) is 12.8 Å². The molecule has 2 aliphatic carbocycles. The summed E-state index contributed by atoms with van der Waals surface area (Å²) in [7, 11) is 1.82. The second-order valence-electron chi connectivity index (χ2n) is 6.66. The van der Waals surface area contributed by atoms with Crippen molar-refractivity contribution >= 4 is 0 Å². The molecule has 0 bridgehead atoms. The monoisotopic (exact) mass is 267 g/mol. The molecule has 2 N–H and O–H groups in total. The van der Waals surface area contributed by atoms with E-state index in [2.05, 4.69) is 9.80 Å². The normalized spacial score (nSPS) is 38.5. The summed E-state index contributed by atoms with van der Waals surface area (Å²) in [6, 6.07) is 0.879. The van der Waals surface area contributed by atoms with Gasteiger partial charge in [-0.05, 0) is 25.7 Å². The van der Waals surface area contributed by atoms with Crippen molar-refractivity contribution in [2.75, 3.05) is 39.8 Å². The fraction of sp³-hybridized carbons (Fsp3) is 1.00. The molecule has 1 aliphatic heterocycles. The Kier molecular flexibility index (Phi) is 4.13. The van der Waals surface area contributed by atoms with E-state index < -0.39 is 0 Å². The van der Waals surface area contributed by atoms with Gasteiger partial charge in [-0.3, -0.25) is 9.80 Å². The lowest BCUT2D eigenvalue weighted by molar-refractivity contribution is -0.101. The first-order chi connectivity index (χ1) is 9.27. The van der Waals surface area contributed by atoms with Crippen LogP contribution in [-0.2, 0) is 4.74 Å². The van der Waals surface area contributed by atoms with E-state index in [9.17, 15) is 0 Å². The molecule has 19 heavy (non-hydrogen) atoms. The molecule has 3 fully saturated rings. The molecule has 0 amide bonds. The molecule has 1 saturated heterocycles. The van der Waals surface area contributed by atoms with Crippen LogP contribution in [0.1, 0.15) is 38.5 Å². The van der Waals surface area contributed by atoms with Crippen molar-refractivity contribution in [3.8, 4) is 0 Å². The van der Waals surface area contributed by atoms with Crippen LogP contribution in [0, 0.1) is 0 Å². The first-order valence-electron chi connectivity index (χ1n) is 7.99. The third-order valence-corrected chi connectivity index (χ3v) is 5.75. The van der Waals surface area contributed by atoms with Crippen LogP contribution in [0.5, 0.6) is 0 Å². The van der Waals surface area contributed by atoms with Gasteiger partial charge in [0.25, 0.3) is 0 Å². The smallest absolute Gasteiger partial charge is 0.0607 e. The summed E-state index contributed by atoms with van der Waals surface area (Å²) < 4.78 is 5.44. The minimum atomic E-state index is 0.252. The van der Waals surface area contributed by atoms with Crippen LogP contribution in [-0.4, -0.2) is 67.3 Å². The van der Waals surface area contributed by atoms with Gasteiger partial charge >= 0.3 is 0 Å². The van der Waals surface area contributed by atoms with E-state index in [1.807, 2.05) is 7.11 Å². The molecule has 0 aromatic carbocycles. The SMILES string of the molecule is COC1CC(CN)(N2CCN(C3CCCC3)CC2)C1. The molecule has 0 aromatic rings. The van der Waals surface area contributed by atoms with Gasteiger partial charge in [0.1, 0.15) is 0 Å². The largest absolute Gasteiger partial charge is 0.381 e. The van der Waals surface area contributed by atoms with E-state index in [0.717, 1.165) is 25.4 Å². The summed E-state index contributed by atoms with van der Waals surface area (Å²) in [6.07, 6.45) is 8.42. The number of ether oxygens (including phenoxy) is 1. The zero-order chi connectivity index (χ0) is 13.3. The summed E-state index contributed by atoms with van der Waals surface area (Å²) in [5, 5.41) is 0. The predicted octanol–water partition coefficient (Wildman–Crippen LogP) is 1.05. The molecule has 4 nitrogen and oxygen atoms in total. The Bertz CT molecular complexity index is 290. The third-order valence-electron chi connectivity index (χ3n) is 5.75. The predicted molar refractivity (Wildman–Crippen MR) is 77.2 cm³/mol. The minimum absolute atomic E-state index is 0.252.